The molecule has 0 aliphatic carbocycles. The van der Waals surface area contributed by atoms with Gasteiger partial charge in [0, 0.05) is 27.3 Å². The minimum Gasteiger partial charge on any atom is -0.325 e. The third-order valence-corrected chi connectivity index (χ3v) is 7.45. The molecular weight excluding hydrogens is 479 g/mol. The van der Waals surface area contributed by atoms with E-state index in [-0.39, 0.29) is 11.4 Å². The second-order valence-corrected chi connectivity index (χ2v) is 9.97. The third-order valence-electron chi connectivity index (χ3n) is 4.62. The third kappa shape index (κ3) is 5.79. The molecule has 0 fully saturated rings. The summed E-state index contributed by atoms with van der Waals surface area (Å²) in [4.78, 5) is 12.8. The molecule has 3 aromatic carbocycles. The Labute approximate surface area is 196 Å². The van der Waals surface area contributed by atoms with Crippen molar-refractivity contribution in [3.63, 3.8) is 0 Å². The Morgan fingerprint density at radius 3 is 2.23 bits per heavy atom. The molecule has 0 atom stereocenters. The Kier molecular flexibility index (Phi) is 7.62. The lowest BCUT2D eigenvalue weighted by atomic mass is 10.2. The van der Waals surface area contributed by atoms with Crippen LogP contribution >= 0.6 is 34.8 Å². The van der Waals surface area contributed by atoms with Crippen LogP contribution in [0.5, 0.6) is 0 Å². The maximum Gasteiger partial charge on any atom is 0.243 e. The number of nitrogens with one attached hydrogen (secondary N) is 1. The topological polar surface area (TPSA) is 66.5 Å². The Hall–Kier alpha value is -2.09. The average molecular weight is 498 g/mol. The van der Waals surface area contributed by atoms with Crippen molar-refractivity contribution in [2.24, 2.45) is 0 Å². The van der Waals surface area contributed by atoms with Crippen LogP contribution in [0.15, 0.2) is 71.6 Å². The van der Waals surface area contributed by atoms with Gasteiger partial charge in [-0.05, 0) is 60.5 Å². The van der Waals surface area contributed by atoms with Crippen molar-refractivity contribution in [3.05, 3.63) is 92.9 Å². The number of hydrogen-bond donors (Lipinski definition) is 1. The van der Waals surface area contributed by atoms with Crippen LogP contribution in [0.3, 0.4) is 0 Å². The van der Waals surface area contributed by atoms with Crippen molar-refractivity contribution in [1.29, 1.82) is 0 Å². The van der Waals surface area contributed by atoms with Gasteiger partial charge in [-0.15, -0.1) is 0 Å². The number of benzene rings is 3. The molecule has 0 aliphatic heterocycles. The molecule has 0 saturated carbocycles. The highest BCUT2D eigenvalue weighted by molar-refractivity contribution is 7.89. The molecule has 0 heterocycles. The van der Waals surface area contributed by atoms with Crippen LogP contribution < -0.4 is 5.32 Å². The molecular formula is C22H19Cl3N2O3S. The molecule has 0 unspecified atom stereocenters. The first-order chi connectivity index (χ1) is 14.7. The van der Waals surface area contributed by atoms with E-state index >= 15 is 0 Å². The zero-order valence-corrected chi connectivity index (χ0v) is 19.6. The lowest BCUT2D eigenvalue weighted by Gasteiger charge is -2.23. The quantitative estimate of drug-likeness (QED) is 0.449. The van der Waals surface area contributed by atoms with Gasteiger partial charge < -0.3 is 5.32 Å². The summed E-state index contributed by atoms with van der Waals surface area (Å²) in [5.41, 5.74) is 1.78. The van der Waals surface area contributed by atoms with Crippen molar-refractivity contribution >= 4 is 56.4 Å². The molecule has 0 aromatic heterocycles. The molecule has 0 bridgehead atoms. The van der Waals surface area contributed by atoms with Gasteiger partial charge in [-0.1, -0.05) is 59.1 Å². The number of halogens is 3. The molecule has 0 spiro atoms. The van der Waals surface area contributed by atoms with E-state index in [1.54, 1.807) is 49.4 Å². The lowest BCUT2D eigenvalue weighted by molar-refractivity contribution is -0.116. The van der Waals surface area contributed by atoms with Crippen molar-refractivity contribution in [2.75, 3.05) is 11.9 Å². The first kappa shape index (κ1) is 23.6. The van der Waals surface area contributed by atoms with Gasteiger partial charge in [-0.25, -0.2) is 8.42 Å². The summed E-state index contributed by atoms with van der Waals surface area (Å²) in [6.07, 6.45) is 0. The van der Waals surface area contributed by atoms with Gasteiger partial charge in [0.15, 0.2) is 0 Å². The van der Waals surface area contributed by atoms with Crippen LogP contribution in [0, 0.1) is 6.92 Å². The smallest absolute Gasteiger partial charge is 0.243 e. The van der Waals surface area contributed by atoms with E-state index in [2.05, 4.69) is 5.32 Å². The first-order valence-electron chi connectivity index (χ1n) is 9.22. The van der Waals surface area contributed by atoms with Crippen molar-refractivity contribution in [2.45, 2.75) is 18.4 Å². The number of anilines is 1. The van der Waals surface area contributed by atoms with Crippen molar-refractivity contribution in [3.8, 4) is 0 Å². The van der Waals surface area contributed by atoms with Gasteiger partial charge in [0.1, 0.15) is 0 Å². The standard InChI is InChI=1S/C22H19Cl3N2O3S/c1-15-19(24)7-4-8-21(15)26-22(28)14-27(13-16-5-2-3-6-20(16)25)31(29,30)18-11-9-17(23)10-12-18/h2-12H,13-14H2,1H3,(H,26,28). The lowest BCUT2D eigenvalue weighted by Crippen LogP contribution is -2.37. The molecule has 1 amide bonds. The number of carbonyl (C=O) groups is 1. The highest BCUT2D eigenvalue weighted by atomic mass is 35.5. The van der Waals surface area contributed by atoms with E-state index in [4.69, 9.17) is 34.8 Å². The predicted molar refractivity (Wildman–Crippen MR) is 125 cm³/mol. The zero-order valence-electron chi connectivity index (χ0n) is 16.5. The molecule has 162 valence electrons. The molecule has 3 rings (SSSR count). The number of hydrogen-bond acceptors (Lipinski definition) is 3. The Bertz CT molecular complexity index is 1200. The summed E-state index contributed by atoms with van der Waals surface area (Å²) in [6, 6.07) is 17.8. The van der Waals surface area contributed by atoms with Gasteiger partial charge in [0.25, 0.3) is 0 Å². The first-order valence-corrected chi connectivity index (χ1v) is 11.8. The number of sulfonamides is 1. The molecule has 9 heteroatoms. The maximum absolute atomic E-state index is 13.3. The van der Waals surface area contributed by atoms with E-state index in [1.807, 2.05) is 0 Å². The summed E-state index contributed by atoms with van der Waals surface area (Å²) in [7, 11) is -4.01. The van der Waals surface area contributed by atoms with Crippen LogP contribution in [-0.2, 0) is 21.4 Å². The van der Waals surface area contributed by atoms with Crippen LogP contribution in [0.2, 0.25) is 15.1 Å². The fourth-order valence-electron chi connectivity index (χ4n) is 2.89. The summed E-state index contributed by atoms with van der Waals surface area (Å²) in [5.74, 6) is -0.505. The van der Waals surface area contributed by atoms with E-state index < -0.39 is 22.5 Å². The molecule has 1 N–H and O–H groups in total. The Balaban J connectivity index is 1.91. The maximum atomic E-state index is 13.3. The minimum atomic E-state index is -4.01. The molecule has 0 saturated heterocycles. The SMILES string of the molecule is Cc1c(Cl)cccc1NC(=O)CN(Cc1ccccc1Cl)S(=O)(=O)c1ccc(Cl)cc1. The van der Waals surface area contributed by atoms with E-state index in [1.165, 1.54) is 24.3 Å². The van der Waals surface area contributed by atoms with E-state index in [0.717, 1.165) is 4.31 Å². The average Bonchev–Trinajstić information content (AvgIpc) is 2.73. The largest absolute Gasteiger partial charge is 0.325 e. The van der Waals surface area contributed by atoms with Crippen LogP contribution in [0.1, 0.15) is 11.1 Å². The van der Waals surface area contributed by atoms with Crippen LogP contribution in [0.25, 0.3) is 0 Å². The van der Waals surface area contributed by atoms with Gasteiger partial charge >= 0.3 is 0 Å². The predicted octanol–water partition coefficient (Wildman–Crippen LogP) is 5.78. The summed E-state index contributed by atoms with van der Waals surface area (Å²) < 4.78 is 27.7. The van der Waals surface area contributed by atoms with Crippen molar-refractivity contribution in [1.82, 2.24) is 4.31 Å². The van der Waals surface area contributed by atoms with Gasteiger partial charge in [0.05, 0.1) is 11.4 Å². The van der Waals surface area contributed by atoms with Gasteiger partial charge in [0.2, 0.25) is 15.9 Å². The van der Waals surface area contributed by atoms with Gasteiger partial charge in [-0.3, -0.25) is 4.79 Å². The molecule has 0 radical (unpaired) electrons. The number of amides is 1. The summed E-state index contributed by atoms with van der Waals surface area (Å²) >= 11 is 18.2. The van der Waals surface area contributed by atoms with Crippen LogP contribution in [-0.4, -0.2) is 25.2 Å². The molecule has 31 heavy (non-hydrogen) atoms. The normalized spacial score (nSPS) is 11.5. The second kappa shape index (κ2) is 10.0. The van der Waals surface area contributed by atoms with E-state index in [0.29, 0.717) is 31.9 Å². The summed E-state index contributed by atoms with van der Waals surface area (Å²) in [6.45, 7) is 1.28. The Morgan fingerprint density at radius 2 is 1.55 bits per heavy atom. The monoisotopic (exact) mass is 496 g/mol. The molecule has 5 nitrogen and oxygen atoms in total. The summed E-state index contributed by atoms with van der Waals surface area (Å²) in [5, 5.41) is 4.05. The Morgan fingerprint density at radius 1 is 0.903 bits per heavy atom. The van der Waals surface area contributed by atoms with Crippen LogP contribution in [0.4, 0.5) is 5.69 Å². The fraction of sp³-hybridized carbons (Fsp3) is 0.136. The highest BCUT2D eigenvalue weighted by Crippen LogP contribution is 2.25. The van der Waals surface area contributed by atoms with E-state index in [9.17, 15) is 13.2 Å². The number of carbonyl (C=O) groups excluding carboxylic acids is 1. The molecule has 3 aromatic rings. The highest BCUT2D eigenvalue weighted by Gasteiger charge is 2.27. The number of rotatable bonds is 7. The number of nitrogens with zero attached hydrogens (tertiary/aromatic N) is 1. The van der Waals surface area contributed by atoms with Gasteiger partial charge in [-0.2, -0.15) is 4.31 Å². The second-order valence-electron chi connectivity index (χ2n) is 6.78. The fourth-order valence-corrected chi connectivity index (χ4v) is 4.76. The molecule has 0 aliphatic rings. The zero-order chi connectivity index (χ0) is 22.6. The van der Waals surface area contributed by atoms with Crippen molar-refractivity contribution < 1.29 is 13.2 Å². The minimum absolute atomic E-state index is 0.0238.